The van der Waals surface area contributed by atoms with Crippen LogP contribution >= 0.6 is 0 Å². The average Bonchev–Trinajstić information content (AvgIpc) is 2.69. The van der Waals surface area contributed by atoms with Gasteiger partial charge in [-0.3, -0.25) is 4.79 Å². The molecule has 100 valence electrons. The molecule has 1 heterocycles. The van der Waals surface area contributed by atoms with Crippen molar-refractivity contribution in [1.29, 1.82) is 0 Å². The fourth-order valence-corrected chi connectivity index (χ4v) is 3.14. The molecular formula is C16H18FNO. The molecule has 1 unspecified atom stereocenters. The van der Waals surface area contributed by atoms with E-state index in [2.05, 4.69) is 4.98 Å². The Morgan fingerprint density at radius 3 is 3.00 bits per heavy atom. The summed E-state index contributed by atoms with van der Waals surface area (Å²) in [6.45, 7) is 2.00. The zero-order valence-electron chi connectivity index (χ0n) is 11.1. The van der Waals surface area contributed by atoms with E-state index in [1.165, 1.54) is 6.07 Å². The van der Waals surface area contributed by atoms with Crippen molar-refractivity contribution in [3.05, 3.63) is 35.3 Å². The van der Waals surface area contributed by atoms with Gasteiger partial charge < -0.3 is 4.98 Å². The summed E-state index contributed by atoms with van der Waals surface area (Å²) in [5.74, 6) is 0.272. The molecular weight excluding hydrogens is 241 g/mol. The number of aromatic nitrogens is 1. The Morgan fingerprint density at radius 1 is 1.37 bits per heavy atom. The highest BCUT2D eigenvalue weighted by Crippen LogP contribution is 2.30. The molecule has 2 aromatic rings. The molecule has 1 atom stereocenters. The van der Waals surface area contributed by atoms with E-state index >= 15 is 0 Å². The van der Waals surface area contributed by atoms with E-state index in [-0.39, 0.29) is 11.7 Å². The van der Waals surface area contributed by atoms with Crippen LogP contribution in [0.5, 0.6) is 0 Å². The van der Waals surface area contributed by atoms with Crippen molar-refractivity contribution < 1.29 is 9.18 Å². The number of carbonyl (C=O) groups is 1. The van der Waals surface area contributed by atoms with Gasteiger partial charge in [0.15, 0.2) is 0 Å². The standard InChI is InChI=1S/C16H18FNO/c1-10-13(8-11-4-2-3-5-16(11)19)14-9-12(17)6-7-15(14)18-10/h6-7,9,11,18H,2-5,8H2,1H3. The van der Waals surface area contributed by atoms with E-state index in [1.807, 2.05) is 6.92 Å². The first-order valence-corrected chi connectivity index (χ1v) is 6.94. The number of aromatic amines is 1. The number of rotatable bonds is 2. The lowest BCUT2D eigenvalue weighted by Gasteiger charge is -2.20. The normalized spacial score (nSPS) is 20.1. The Labute approximate surface area is 112 Å². The largest absolute Gasteiger partial charge is 0.358 e. The number of hydrogen-bond acceptors (Lipinski definition) is 1. The predicted octanol–water partition coefficient (Wildman–Crippen LogP) is 3.92. The molecule has 1 aliphatic rings. The van der Waals surface area contributed by atoms with E-state index in [0.29, 0.717) is 12.2 Å². The van der Waals surface area contributed by atoms with Crippen LogP contribution in [0.1, 0.15) is 36.9 Å². The van der Waals surface area contributed by atoms with Gasteiger partial charge in [-0.25, -0.2) is 4.39 Å². The minimum Gasteiger partial charge on any atom is -0.358 e. The molecule has 1 aromatic heterocycles. The molecule has 3 rings (SSSR count). The zero-order chi connectivity index (χ0) is 13.4. The van der Waals surface area contributed by atoms with Crippen molar-refractivity contribution in [2.24, 2.45) is 5.92 Å². The molecule has 2 nitrogen and oxygen atoms in total. The first-order chi connectivity index (χ1) is 9.15. The average molecular weight is 259 g/mol. The van der Waals surface area contributed by atoms with Gasteiger partial charge >= 0.3 is 0 Å². The van der Waals surface area contributed by atoms with E-state index in [0.717, 1.165) is 47.8 Å². The van der Waals surface area contributed by atoms with Crippen LogP contribution in [0.2, 0.25) is 0 Å². The maximum atomic E-state index is 13.4. The van der Waals surface area contributed by atoms with Crippen LogP contribution in [-0.2, 0) is 11.2 Å². The third-order valence-corrected chi connectivity index (χ3v) is 4.21. The number of carbonyl (C=O) groups excluding carboxylic acids is 1. The summed E-state index contributed by atoms with van der Waals surface area (Å²) in [7, 11) is 0. The second kappa shape index (κ2) is 4.80. The summed E-state index contributed by atoms with van der Waals surface area (Å²) in [5.41, 5.74) is 3.12. The number of hydrogen-bond donors (Lipinski definition) is 1. The smallest absolute Gasteiger partial charge is 0.136 e. The Hall–Kier alpha value is -1.64. The maximum Gasteiger partial charge on any atom is 0.136 e. The topological polar surface area (TPSA) is 32.9 Å². The number of aryl methyl sites for hydroxylation is 1. The molecule has 0 saturated heterocycles. The molecule has 3 heteroatoms. The lowest BCUT2D eigenvalue weighted by molar-refractivity contribution is -0.124. The third-order valence-electron chi connectivity index (χ3n) is 4.21. The van der Waals surface area contributed by atoms with E-state index in [9.17, 15) is 9.18 Å². The minimum absolute atomic E-state index is 0.120. The van der Waals surface area contributed by atoms with Crippen molar-refractivity contribution in [2.45, 2.75) is 39.0 Å². The quantitative estimate of drug-likeness (QED) is 0.871. The zero-order valence-corrected chi connectivity index (χ0v) is 11.1. The first kappa shape index (κ1) is 12.4. The highest BCUT2D eigenvalue weighted by Gasteiger charge is 2.24. The van der Waals surface area contributed by atoms with Gasteiger partial charge in [0.05, 0.1) is 0 Å². The molecule has 0 aliphatic heterocycles. The highest BCUT2D eigenvalue weighted by molar-refractivity contribution is 5.87. The number of ketones is 1. The van der Waals surface area contributed by atoms with E-state index in [4.69, 9.17) is 0 Å². The van der Waals surface area contributed by atoms with Gasteiger partial charge in [0.1, 0.15) is 11.6 Å². The number of fused-ring (bicyclic) bond motifs is 1. The monoisotopic (exact) mass is 259 g/mol. The van der Waals surface area contributed by atoms with Gasteiger partial charge in [-0.2, -0.15) is 0 Å². The van der Waals surface area contributed by atoms with E-state index < -0.39 is 0 Å². The summed E-state index contributed by atoms with van der Waals surface area (Å²) < 4.78 is 13.4. The number of H-pyrrole nitrogens is 1. The Bertz CT molecular complexity index is 629. The number of benzene rings is 1. The van der Waals surface area contributed by atoms with Crippen LogP contribution < -0.4 is 0 Å². The van der Waals surface area contributed by atoms with E-state index in [1.54, 1.807) is 12.1 Å². The summed E-state index contributed by atoms with van der Waals surface area (Å²) in [5, 5.41) is 0.927. The lowest BCUT2D eigenvalue weighted by Crippen LogP contribution is -2.21. The molecule has 1 N–H and O–H groups in total. The van der Waals surface area contributed by atoms with Crippen LogP contribution in [0.25, 0.3) is 10.9 Å². The van der Waals surface area contributed by atoms with Crippen LogP contribution in [0.3, 0.4) is 0 Å². The van der Waals surface area contributed by atoms with Gasteiger partial charge in [-0.05, 0) is 49.9 Å². The van der Waals surface area contributed by atoms with Crippen molar-refractivity contribution >= 4 is 16.7 Å². The van der Waals surface area contributed by atoms with Crippen LogP contribution in [-0.4, -0.2) is 10.8 Å². The molecule has 0 amide bonds. The van der Waals surface area contributed by atoms with Gasteiger partial charge in [0.2, 0.25) is 0 Å². The highest BCUT2D eigenvalue weighted by atomic mass is 19.1. The molecule has 1 saturated carbocycles. The van der Waals surface area contributed by atoms with Crippen molar-refractivity contribution in [3.63, 3.8) is 0 Å². The van der Waals surface area contributed by atoms with Crippen LogP contribution in [0, 0.1) is 18.7 Å². The molecule has 0 spiro atoms. The van der Waals surface area contributed by atoms with Crippen LogP contribution in [0.15, 0.2) is 18.2 Å². The summed E-state index contributed by atoms with van der Waals surface area (Å²) in [6, 6.07) is 4.80. The van der Waals surface area contributed by atoms with Gasteiger partial charge in [-0.15, -0.1) is 0 Å². The molecule has 1 aliphatic carbocycles. The number of nitrogens with one attached hydrogen (secondary N) is 1. The second-order valence-electron chi connectivity index (χ2n) is 5.53. The van der Waals surface area contributed by atoms with Gasteiger partial charge in [0, 0.05) is 28.9 Å². The van der Waals surface area contributed by atoms with Crippen LogP contribution in [0.4, 0.5) is 4.39 Å². The Morgan fingerprint density at radius 2 is 2.21 bits per heavy atom. The van der Waals surface area contributed by atoms with Gasteiger partial charge in [0.25, 0.3) is 0 Å². The third kappa shape index (κ3) is 2.29. The van der Waals surface area contributed by atoms with Crippen molar-refractivity contribution in [2.75, 3.05) is 0 Å². The maximum absolute atomic E-state index is 13.4. The molecule has 1 fully saturated rings. The summed E-state index contributed by atoms with van der Waals surface area (Å²) in [6.07, 6.45) is 4.58. The summed E-state index contributed by atoms with van der Waals surface area (Å²) in [4.78, 5) is 15.2. The number of halogens is 1. The van der Waals surface area contributed by atoms with Gasteiger partial charge in [-0.1, -0.05) is 6.42 Å². The molecule has 19 heavy (non-hydrogen) atoms. The fourth-order valence-electron chi connectivity index (χ4n) is 3.14. The van der Waals surface area contributed by atoms with Crippen molar-refractivity contribution in [3.8, 4) is 0 Å². The molecule has 1 aromatic carbocycles. The predicted molar refractivity (Wildman–Crippen MR) is 73.7 cm³/mol. The van der Waals surface area contributed by atoms with Crippen molar-refractivity contribution in [1.82, 2.24) is 4.98 Å². The molecule has 0 bridgehead atoms. The summed E-state index contributed by atoms with van der Waals surface area (Å²) >= 11 is 0. The molecule has 0 radical (unpaired) electrons. The fraction of sp³-hybridized carbons (Fsp3) is 0.438. The SMILES string of the molecule is Cc1[nH]c2ccc(F)cc2c1CC1CCCCC1=O. The Kier molecular flexibility index (Phi) is 3.13. The Balaban J connectivity index is 1.97. The first-order valence-electron chi connectivity index (χ1n) is 6.94. The second-order valence-corrected chi connectivity index (χ2v) is 5.53. The lowest BCUT2D eigenvalue weighted by atomic mass is 9.83. The number of Topliss-reactive ketones (excluding diaryl/α,β-unsaturated/α-hetero) is 1. The minimum atomic E-state index is -0.220.